The highest BCUT2D eigenvalue weighted by Crippen LogP contribution is 2.29. The first-order valence-electron chi connectivity index (χ1n) is 8.47. The van der Waals surface area contributed by atoms with Crippen molar-refractivity contribution >= 4 is 16.0 Å². The quantitative estimate of drug-likeness (QED) is 0.675. The molecule has 0 spiro atoms. The molecule has 0 aliphatic rings. The number of carbonyl (C=O) groups is 1. The summed E-state index contributed by atoms with van der Waals surface area (Å²) in [5.41, 5.74) is -0.494. The average molecular weight is 431 g/mol. The molecule has 158 valence electrons. The first-order chi connectivity index (χ1) is 13.4. The number of sulfonamides is 1. The zero-order chi connectivity index (χ0) is 21.8. The van der Waals surface area contributed by atoms with E-state index in [9.17, 15) is 26.4 Å². The predicted octanol–water partition coefficient (Wildman–Crippen LogP) is 3.76. The average Bonchev–Trinajstić information content (AvgIpc) is 2.64. The van der Waals surface area contributed by atoms with Crippen molar-refractivity contribution in [3.63, 3.8) is 0 Å². The predicted molar refractivity (Wildman–Crippen MR) is 99.0 cm³/mol. The van der Waals surface area contributed by atoms with Gasteiger partial charge in [0.25, 0.3) is 0 Å². The standard InChI is InChI=1S/C19H20F3NO5S/c1-12(2)23-29(25,26)17-10-14(6-9-16(17)27-3)18(24)28-11-13-4-7-15(8-5-13)19(20,21)22/h4-10,12,23H,11H2,1-3H3. The summed E-state index contributed by atoms with van der Waals surface area (Å²) in [6.07, 6.45) is -4.45. The van der Waals surface area contributed by atoms with Gasteiger partial charge in [0.15, 0.2) is 0 Å². The van der Waals surface area contributed by atoms with E-state index in [0.29, 0.717) is 5.56 Å². The fraction of sp³-hybridized carbons (Fsp3) is 0.316. The fourth-order valence-corrected chi connectivity index (χ4v) is 3.86. The van der Waals surface area contributed by atoms with Gasteiger partial charge in [0.1, 0.15) is 17.3 Å². The first-order valence-corrected chi connectivity index (χ1v) is 9.96. The minimum Gasteiger partial charge on any atom is -0.495 e. The lowest BCUT2D eigenvalue weighted by Gasteiger charge is -2.14. The van der Waals surface area contributed by atoms with Gasteiger partial charge >= 0.3 is 12.1 Å². The Balaban J connectivity index is 2.18. The molecule has 0 saturated heterocycles. The molecular formula is C19H20F3NO5S. The van der Waals surface area contributed by atoms with Crippen molar-refractivity contribution in [2.24, 2.45) is 0 Å². The first kappa shape index (κ1) is 22.7. The monoisotopic (exact) mass is 431 g/mol. The van der Waals surface area contributed by atoms with E-state index < -0.39 is 27.7 Å². The second-order valence-electron chi connectivity index (χ2n) is 6.41. The van der Waals surface area contributed by atoms with Gasteiger partial charge in [-0.3, -0.25) is 0 Å². The van der Waals surface area contributed by atoms with Gasteiger partial charge in [-0.1, -0.05) is 12.1 Å². The van der Waals surface area contributed by atoms with Gasteiger partial charge in [-0.25, -0.2) is 17.9 Å². The van der Waals surface area contributed by atoms with Gasteiger partial charge in [0.05, 0.1) is 18.2 Å². The summed E-state index contributed by atoms with van der Waals surface area (Å²) < 4.78 is 75.2. The molecule has 10 heteroatoms. The summed E-state index contributed by atoms with van der Waals surface area (Å²) in [7, 11) is -2.64. The number of hydrogen-bond donors (Lipinski definition) is 1. The zero-order valence-corrected chi connectivity index (χ0v) is 16.7. The Morgan fingerprint density at radius 2 is 1.72 bits per heavy atom. The molecule has 0 fully saturated rings. The van der Waals surface area contributed by atoms with Gasteiger partial charge in [-0.05, 0) is 49.7 Å². The molecule has 0 heterocycles. The van der Waals surface area contributed by atoms with Crippen LogP contribution in [0.3, 0.4) is 0 Å². The molecular weight excluding hydrogens is 411 g/mol. The Morgan fingerprint density at radius 1 is 1.10 bits per heavy atom. The fourth-order valence-electron chi connectivity index (χ4n) is 2.41. The van der Waals surface area contributed by atoms with Crippen molar-refractivity contribution in [1.29, 1.82) is 0 Å². The second kappa shape index (κ2) is 8.83. The summed E-state index contributed by atoms with van der Waals surface area (Å²) in [5.74, 6) is -0.772. The number of carbonyl (C=O) groups excluding carboxylic acids is 1. The smallest absolute Gasteiger partial charge is 0.416 e. The zero-order valence-electron chi connectivity index (χ0n) is 15.9. The van der Waals surface area contributed by atoms with Gasteiger partial charge in [-0.2, -0.15) is 13.2 Å². The molecule has 0 radical (unpaired) electrons. The van der Waals surface area contributed by atoms with Crippen LogP contribution in [-0.2, 0) is 27.5 Å². The minimum absolute atomic E-state index is 0.0400. The number of methoxy groups -OCH3 is 1. The van der Waals surface area contributed by atoms with Crippen LogP contribution >= 0.6 is 0 Å². The summed E-state index contributed by atoms with van der Waals surface area (Å²) in [6, 6.07) is 7.58. The minimum atomic E-state index is -4.45. The van der Waals surface area contributed by atoms with Crippen LogP contribution in [0, 0.1) is 0 Å². The number of ether oxygens (including phenoxy) is 2. The van der Waals surface area contributed by atoms with Gasteiger partial charge in [0.2, 0.25) is 10.0 Å². The van der Waals surface area contributed by atoms with Crippen LogP contribution in [0.4, 0.5) is 13.2 Å². The Hall–Kier alpha value is -2.59. The largest absolute Gasteiger partial charge is 0.495 e. The van der Waals surface area contributed by atoms with Crippen LogP contribution < -0.4 is 9.46 Å². The molecule has 2 aromatic rings. The Kier molecular flexibility index (Phi) is 6.91. The van der Waals surface area contributed by atoms with Crippen molar-refractivity contribution in [2.75, 3.05) is 7.11 Å². The topological polar surface area (TPSA) is 81.7 Å². The van der Waals surface area contributed by atoms with Crippen LogP contribution in [0.1, 0.15) is 35.3 Å². The van der Waals surface area contributed by atoms with E-state index in [1.54, 1.807) is 13.8 Å². The number of esters is 1. The number of benzene rings is 2. The molecule has 1 N–H and O–H groups in total. The van der Waals surface area contributed by atoms with E-state index in [4.69, 9.17) is 9.47 Å². The maximum atomic E-state index is 12.6. The number of alkyl halides is 3. The van der Waals surface area contributed by atoms with Crippen molar-refractivity contribution in [1.82, 2.24) is 4.72 Å². The second-order valence-corrected chi connectivity index (χ2v) is 8.09. The van der Waals surface area contributed by atoms with Crippen LogP contribution in [0.25, 0.3) is 0 Å². The molecule has 0 aliphatic heterocycles. The van der Waals surface area contributed by atoms with Crippen molar-refractivity contribution in [3.05, 3.63) is 59.2 Å². The molecule has 6 nitrogen and oxygen atoms in total. The third kappa shape index (κ3) is 5.94. The van der Waals surface area contributed by atoms with Gasteiger partial charge < -0.3 is 9.47 Å². The summed E-state index contributed by atoms with van der Waals surface area (Å²) in [5, 5.41) is 0. The Labute approximate surface area is 166 Å². The van der Waals surface area contributed by atoms with Crippen LogP contribution in [0.5, 0.6) is 5.75 Å². The van der Waals surface area contributed by atoms with E-state index >= 15 is 0 Å². The summed E-state index contributed by atoms with van der Waals surface area (Å²) in [4.78, 5) is 12.1. The third-order valence-corrected chi connectivity index (χ3v) is 5.41. The summed E-state index contributed by atoms with van der Waals surface area (Å²) in [6.45, 7) is 3.02. The van der Waals surface area contributed by atoms with E-state index in [0.717, 1.165) is 18.2 Å². The molecule has 0 atom stereocenters. The van der Waals surface area contributed by atoms with Crippen LogP contribution in [-0.4, -0.2) is 27.5 Å². The van der Waals surface area contributed by atoms with Crippen LogP contribution in [0.2, 0.25) is 0 Å². The van der Waals surface area contributed by atoms with E-state index in [2.05, 4.69) is 4.72 Å². The lowest BCUT2D eigenvalue weighted by Crippen LogP contribution is -2.30. The number of halogens is 3. The van der Waals surface area contributed by atoms with E-state index in [-0.39, 0.29) is 28.9 Å². The van der Waals surface area contributed by atoms with E-state index in [1.165, 1.54) is 31.4 Å². The number of nitrogens with one attached hydrogen (secondary N) is 1. The van der Waals surface area contributed by atoms with Crippen molar-refractivity contribution < 1.29 is 35.9 Å². The molecule has 0 bridgehead atoms. The van der Waals surface area contributed by atoms with Crippen LogP contribution in [0.15, 0.2) is 47.4 Å². The highest BCUT2D eigenvalue weighted by Gasteiger charge is 2.30. The molecule has 2 aromatic carbocycles. The molecule has 29 heavy (non-hydrogen) atoms. The molecule has 0 unspecified atom stereocenters. The number of rotatable bonds is 7. The molecule has 0 aromatic heterocycles. The molecule has 0 aliphatic carbocycles. The third-order valence-electron chi connectivity index (χ3n) is 3.73. The van der Waals surface area contributed by atoms with Crippen molar-refractivity contribution in [3.8, 4) is 5.75 Å². The lowest BCUT2D eigenvalue weighted by molar-refractivity contribution is -0.137. The molecule has 0 amide bonds. The van der Waals surface area contributed by atoms with Crippen molar-refractivity contribution in [2.45, 2.75) is 37.6 Å². The maximum Gasteiger partial charge on any atom is 0.416 e. The highest BCUT2D eigenvalue weighted by atomic mass is 32.2. The highest BCUT2D eigenvalue weighted by molar-refractivity contribution is 7.89. The maximum absolute atomic E-state index is 12.6. The Morgan fingerprint density at radius 3 is 2.24 bits per heavy atom. The van der Waals surface area contributed by atoms with Gasteiger partial charge in [0, 0.05) is 6.04 Å². The SMILES string of the molecule is COc1ccc(C(=O)OCc2ccc(C(F)(F)F)cc2)cc1S(=O)(=O)NC(C)C. The molecule has 2 rings (SSSR count). The lowest BCUT2D eigenvalue weighted by atomic mass is 10.1. The Bertz CT molecular complexity index is 970. The van der Waals surface area contributed by atoms with E-state index in [1.807, 2.05) is 0 Å². The van der Waals surface area contributed by atoms with Gasteiger partial charge in [-0.15, -0.1) is 0 Å². The molecule has 0 saturated carbocycles. The normalized spacial score (nSPS) is 12.1. The summed E-state index contributed by atoms with van der Waals surface area (Å²) >= 11 is 0. The number of hydrogen-bond acceptors (Lipinski definition) is 5.